The van der Waals surface area contributed by atoms with Crippen molar-refractivity contribution < 1.29 is 24.2 Å². The predicted molar refractivity (Wildman–Crippen MR) is 132 cm³/mol. The van der Waals surface area contributed by atoms with E-state index < -0.39 is 5.97 Å². The highest BCUT2D eigenvalue weighted by Crippen LogP contribution is 2.34. The Morgan fingerprint density at radius 2 is 1.69 bits per heavy atom. The average Bonchev–Trinajstić information content (AvgIpc) is 3.45. The lowest BCUT2D eigenvalue weighted by Gasteiger charge is -2.29. The molecular formula is C27H26N4O5. The molecule has 2 aromatic carbocycles. The van der Waals surface area contributed by atoms with Crippen LogP contribution in [-0.4, -0.2) is 51.9 Å². The summed E-state index contributed by atoms with van der Waals surface area (Å²) >= 11 is 0. The smallest absolute Gasteiger partial charge is 0.356 e. The van der Waals surface area contributed by atoms with E-state index in [1.807, 2.05) is 43.3 Å². The van der Waals surface area contributed by atoms with Crippen LogP contribution >= 0.6 is 0 Å². The number of fused-ring (bicyclic) bond motifs is 2. The standard InChI is InChI=1S/C27H26N4O5/c1-16-14-17-15-20(9-10-22(17)36-16)31-25-21(24(28-31)27(34)35)11-13-30(26(25)33)19-7-5-18(6-8-19)29-12-3-2-4-23(29)32/h5-10,15-16H,2-4,11-14H2,1H3,(H,34,35). The van der Waals surface area contributed by atoms with Gasteiger partial charge in [-0.3, -0.25) is 9.59 Å². The fourth-order valence-electron chi connectivity index (χ4n) is 5.40. The molecule has 184 valence electrons. The lowest BCUT2D eigenvalue weighted by molar-refractivity contribution is -0.119. The topological polar surface area (TPSA) is 105 Å². The van der Waals surface area contributed by atoms with E-state index in [9.17, 15) is 19.5 Å². The Morgan fingerprint density at radius 1 is 0.972 bits per heavy atom. The molecule has 2 amide bonds. The summed E-state index contributed by atoms with van der Waals surface area (Å²) in [6.07, 6.45) is 3.63. The molecule has 0 aliphatic carbocycles. The number of amides is 2. The van der Waals surface area contributed by atoms with Gasteiger partial charge in [-0.15, -0.1) is 0 Å². The van der Waals surface area contributed by atoms with Crippen LogP contribution in [0.25, 0.3) is 5.69 Å². The van der Waals surface area contributed by atoms with Gasteiger partial charge in [0, 0.05) is 42.9 Å². The molecule has 6 rings (SSSR count). The molecule has 3 aliphatic heterocycles. The molecule has 0 bridgehead atoms. The number of carboxylic acid groups (broad SMARTS) is 1. The predicted octanol–water partition coefficient (Wildman–Crippen LogP) is 3.61. The van der Waals surface area contributed by atoms with Crippen molar-refractivity contribution in [1.29, 1.82) is 0 Å². The molecule has 1 atom stereocenters. The van der Waals surface area contributed by atoms with Crippen molar-refractivity contribution in [1.82, 2.24) is 9.78 Å². The number of aromatic nitrogens is 2. The molecule has 3 aliphatic rings. The van der Waals surface area contributed by atoms with E-state index in [-0.39, 0.29) is 29.3 Å². The quantitative estimate of drug-likeness (QED) is 0.604. The monoisotopic (exact) mass is 486 g/mol. The second-order valence-corrected chi connectivity index (χ2v) is 9.54. The number of benzene rings is 2. The summed E-state index contributed by atoms with van der Waals surface area (Å²) in [5.74, 6) is -0.541. The first-order chi connectivity index (χ1) is 17.4. The third-order valence-corrected chi connectivity index (χ3v) is 7.14. The lowest BCUT2D eigenvalue weighted by atomic mass is 10.0. The third kappa shape index (κ3) is 3.62. The van der Waals surface area contributed by atoms with E-state index in [4.69, 9.17) is 4.74 Å². The molecule has 9 heteroatoms. The second kappa shape index (κ2) is 8.51. The Hall–Kier alpha value is -4.14. The number of aromatic carboxylic acids is 1. The zero-order chi connectivity index (χ0) is 25.0. The highest BCUT2D eigenvalue weighted by molar-refractivity contribution is 6.09. The maximum absolute atomic E-state index is 13.8. The van der Waals surface area contributed by atoms with Gasteiger partial charge in [0.25, 0.3) is 5.91 Å². The number of anilines is 2. The lowest BCUT2D eigenvalue weighted by Crippen LogP contribution is -2.39. The van der Waals surface area contributed by atoms with Crippen molar-refractivity contribution >= 4 is 29.2 Å². The second-order valence-electron chi connectivity index (χ2n) is 9.54. The Balaban J connectivity index is 1.35. The molecule has 1 saturated heterocycles. The van der Waals surface area contributed by atoms with Gasteiger partial charge >= 0.3 is 5.97 Å². The van der Waals surface area contributed by atoms with E-state index in [1.165, 1.54) is 4.68 Å². The van der Waals surface area contributed by atoms with Gasteiger partial charge in [0.05, 0.1) is 5.69 Å². The minimum absolute atomic E-state index is 0.0664. The van der Waals surface area contributed by atoms with Crippen molar-refractivity contribution in [3.05, 3.63) is 65.0 Å². The highest BCUT2D eigenvalue weighted by atomic mass is 16.5. The fourth-order valence-corrected chi connectivity index (χ4v) is 5.40. The summed E-state index contributed by atoms with van der Waals surface area (Å²) in [7, 11) is 0. The van der Waals surface area contributed by atoms with E-state index >= 15 is 0 Å². The molecular weight excluding hydrogens is 460 g/mol. The number of carbonyl (C=O) groups excluding carboxylic acids is 2. The number of carboxylic acids is 1. The van der Waals surface area contributed by atoms with Crippen molar-refractivity contribution in [3.63, 3.8) is 0 Å². The van der Waals surface area contributed by atoms with Gasteiger partial charge < -0.3 is 19.6 Å². The SMILES string of the molecule is CC1Cc2cc(-n3nc(C(=O)O)c4c3C(=O)N(c3ccc(N5CCCCC5=O)cc3)CC4)ccc2O1. The van der Waals surface area contributed by atoms with Crippen LogP contribution in [0.2, 0.25) is 0 Å². The minimum atomic E-state index is -1.15. The third-order valence-electron chi connectivity index (χ3n) is 7.14. The molecule has 9 nitrogen and oxygen atoms in total. The van der Waals surface area contributed by atoms with Crippen LogP contribution < -0.4 is 14.5 Å². The van der Waals surface area contributed by atoms with Crippen LogP contribution in [0.15, 0.2) is 42.5 Å². The van der Waals surface area contributed by atoms with Crippen LogP contribution in [-0.2, 0) is 17.6 Å². The summed E-state index contributed by atoms with van der Waals surface area (Å²) in [5, 5.41) is 14.1. The number of carbonyl (C=O) groups is 3. The highest BCUT2D eigenvalue weighted by Gasteiger charge is 2.35. The molecule has 3 aromatic rings. The average molecular weight is 487 g/mol. The summed E-state index contributed by atoms with van der Waals surface area (Å²) in [6.45, 7) is 3.03. The maximum atomic E-state index is 13.8. The van der Waals surface area contributed by atoms with E-state index in [0.29, 0.717) is 42.9 Å². The number of rotatable bonds is 4. The van der Waals surface area contributed by atoms with Crippen molar-refractivity contribution in [2.75, 3.05) is 22.9 Å². The summed E-state index contributed by atoms with van der Waals surface area (Å²) < 4.78 is 7.24. The van der Waals surface area contributed by atoms with Crippen molar-refractivity contribution in [2.45, 2.75) is 45.1 Å². The zero-order valence-corrected chi connectivity index (χ0v) is 19.9. The van der Waals surface area contributed by atoms with Gasteiger partial charge in [0.1, 0.15) is 17.5 Å². The normalized spacial score (nSPS) is 19.2. The number of piperidine rings is 1. The fraction of sp³-hybridized carbons (Fsp3) is 0.333. The molecule has 1 N–H and O–H groups in total. The largest absolute Gasteiger partial charge is 0.490 e. The Kier molecular flexibility index (Phi) is 5.28. The molecule has 1 aromatic heterocycles. The van der Waals surface area contributed by atoms with Crippen molar-refractivity contribution in [3.8, 4) is 11.4 Å². The van der Waals surface area contributed by atoms with Crippen LogP contribution in [0.3, 0.4) is 0 Å². The van der Waals surface area contributed by atoms with E-state index in [1.54, 1.807) is 15.9 Å². The van der Waals surface area contributed by atoms with Crippen LogP contribution in [0, 0.1) is 0 Å². The Morgan fingerprint density at radius 3 is 2.42 bits per heavy atom. The molecule has 0 saturated carbocycles. The van der Waals surface area contributed by atoms with Gasteiger partial charge in [-0.05, 0) is 74.2 Å². The first-order valence-corrected chi connectivity index (χ1v) is 12.3. The van der Waals surface area contributed by atoms with Gasteiger partial charge in [-0.25, -0.2) is 9.48 Å². The molecule has 0 spiro atoms. The van der Waals surface area contributed by atoms with Crippen LogP contribution in [0.4, 0.5) is 11.4 Å². The van der Waals surface area contributed by atoms with Crippen LogP contribution in [0.1, 0.15) is 58.3 Å². The van der Waals surface area contributed by atoms with Crippen molar-refractivity contribution in [2.24, 2.45) is 0 Å². The number of hydrogen-bond acceptors (Lipinski definition) is 5. The minimum Gasteiger partial charge on any atom is -0.490 e. The first-order valence-electron chi connectivity index (χ1n) is 12.3. The Labute approximate surface area is 207 Å². The maximum Gasteiger partial charge on any atom is 0.356 e. The molecule has 36 heavy (non-hydrogen) atoms. The van der Waals surface area contributed by atoms with Crippen LogP contribution in [0.5, 0.6) is 5.75 Å². The summed E-state index contributed by atoms with van der Waals surface area (Å²) in [4.78, 5) is 41.4. The summed E-state index contributed by atoms with van der Waals surface area (Å²) in [5.41, 5.74) is 3.77. The molecule has 1 fully saturated rings. The summed E-state index contributed by atoms with van der Waals surface area (Å²) in [6, 6.07) is 13.0. The Bertz CT molecular complexity index is 1390. The molecule has 0 radical (unpaired) electrons. The van der Waals surface area contributed by atoms with Gasteiger partial charge in [0.15, 0.2) is 5.69 Å². The molecule has 1 unspecified atom stereocenters. The van der Waals surface area contributed by atoms with Gasteiger partial charge in [0.2, 0.25) is 5.91 Å². The van der Waals surface area contributed by atoms with Gasteiger partial charge in [-0.2, -0.15) is 5.10 Å². The van der Waals surface area contributed by atoms with E-state index in [0.717, 1.165) is 36.3 Å². The number of ether oxygens (including phenoxy) is 1. The number of nitrogens with zero attached hydrogens (tertiary/aromatic N) is 4. The number of hydrogen-bond donors (Lipinski definition) is 1. The zero-order valence-electron chi connectivity index (χ0n) is 19.9. The molecule has 4 heterocycles. The van der Waals surface area contributed by atoms with Gasteiger partial charge in [-0.1, -0.05) is 0 Å². The van der Waals surface area contributed by atoms with E-state index in [2.05, 4.69) is 5.10 Å². The first kappa shape index (κ1) is 22.3.